The predicted octanol–water partition coefficient (Wildman–Crippen LogP) is 3.78. The van der Waals surface area contributed by atoms with Crippen LogP contribution < -0.4 is 10.2 Å². The summed E-state index contributed by atoms with van der Waals surface area (Å²) in [6.07, 6.45) is 4.53. The fraction of sp³-hybridized carbons (Fsp3) is 0.458. The molecule has 1 amide bonds. The Bertz CT molecular complexity index is 769. The Balaban J connectivity index is 1.40. The number of nitrogens with zero attached hydrogens (tertiary/aromatic N) is 2. The molecule has 4 nitrogen and oxygen atoms in total. The van der Waals surface area contributed by atoms with Crippen molar-refractivity contribution in [3.63, 3.8) is 0 Å². The normalized spacial score (nSPS) is 26.4. The molecule has 28 heavy (non-hydrogen) atoms. The van der Waals surface area contributed by atoms with E-state index in [-0.39, 0.29) is 11.4 Å². The molecule has 2 aromatic carbocycles. The van der Waals surface area contributed by atoms with Crippen LogP contribution in [0.4, 0.5) is 5.69 Å². The number of nitrogens with one attached hydrogen (secondary N) is 1. The lowest BCUT2D eigenvalue weighted by atomic mass is 9.74. The summed E-state index contributed by atoms with van der Waals surface area (Å²) in [4.78, 5) is 17.1. The van der Waals surface area contributed by atoms with Gasteiger partial charge in [0, 0.05) is 30.4 Å². The summed E-state index contributed by atoms with van der Waals surface area (Å²) in [5, 5.41) is 3.78. The summed E-state index contributed by atoms with van der Waals surface area (Å²) in [6, 6.07) is 21.4. The molecule has 0 radical (unpaired) electrons. The third-order valence-corrected chi connectivity index (χ3v) is 6.48. The first kappa shape index (κ1) is 19.2. The number of para-hydroxylation sites is 1. The third kappa shape index (κ3) is 3.85. The third-order valence-electron chi connectivity index (χ3n) is 6.48. The summed E-state index contributed by atoms with van der Waals surface area (Å²) in [5.74, 6) is 0.226. The zero-order chi connectivity index (χ0) is 19.4. The molecule has 1 heterocycles. The SMILES string of the molecule is CCN[C@]1(c2ccccc2)CC[C@@H](N2CCN(c3ccccc3)C(=O)C2)CC1. The smallest absolute Gasteiger partial charge is 0.241 e. The lowest BCUT2D eigenvalue weighted by molar-refractivity contribution is -0.122. The van der Waals surface area contributed by atoms with E-state index in [2.05, 4.69) is 47.5 Å². The van der Waals surface area contributed by atoms with Gasteiger partial charge in [0.1, 0.15) is 0 Å². The minimum absolute atomic E-state index is 0.0857. The topological polar surface area (TPSA) is 35.6 Å². The zero-order valence-corrected chi connectivity index (χ0v) is 16.8. The Morgan fingerprint density at radius 3 is 2.21 bits per heavy atom. The number of anilines is 1. The van der Waals surface area contributed by atoms with Gasteiger partial charge in [-0.05, 0) is 49.9 Å². The van der Waals surface area contributed by atoms with Gasteiger partial charge in [-0.2, -0.15) is 0 Å². The quantitative estimate of drug-likeness (QED) is 0.861. The molecule has 0 spiro atoms. The number of hydrogen-bond acceptors (Lipinski definition) is 3. The van der Waals surface area contributed by atoms with E-state index >= 15 is 0 Å². The average molecular weight is 378 g/mol. The van der Waals surface area contributed by atoms with E-state index in [0.717, 1.165) is 51.0 Å². The molecule has 2 fully saturated rings. The molecule has 1 saturated carbocycles. The van der Waals surface area contributed by atoms with Crippen LogP contribution in [0, 0.1) is 0 Å². The van der Waals surface area contributed by atoms with Crippen LogP contribution in [0.2, 0.25) is 0 Å². The minimum Gasteiger partial charge on any atom is -0.310 e. The van der Waals surface area contributed by atoms with Crippen molar-refractivity contribution in [2.24, 2.45) is 0 Å². The van der Waals surface area contributed by atoms with Crippen molar-refractivity contribution in [1.82, 2.24) is 10.2 Å². The number of hydrogen-bond donors (Lipinski definition) is 1. The molecular weight excluding hydrogens is 346 g/mol. The molecule has 1 N–H and O–H groups in total. The maximum Gasteiger partial charge on any atom is 0.241 e. The second kappa shape index (κ2) is 8.46. The van der Waals surface area contributed by atoms with Crippen LogP contribution in [-0.2, 0) is 10.3 Å². The summed E-state index contributed by atoms with van der Waals surface area (Å²) in [6.45, 7) is 5.46. The van der Waals surface area contributed by atoms with Crippen LogP contribution >= 0.6 is 0 Å². The van der Waals surface area contributed by atoms with Crippen LogP contribution in [0.15, 0.2) is 60.7 Å². The van der Waals surface area contributed by atoms with Crippen LogP contribution in [-0.4, -0.2) is 43.0 Å². The number of benzene rings is 2. The molecule has 0 unspecified atom stereocenters. The molecule has 1 aliphatic carbocycles. The van der Waals surface area contributed by atoms with Crippen LogP contribution in [0.3, 0.4) is 0 Å². The van der Waals surface area contributed by atoms with Gasteiger partial charge in [-0.15, -0.1) is 0 Å². The predicted molar refractivity (Wildman–Crippen MR) is 114 cm³/mol. The van der Waals surface area contributed by atoms with Crippen molar-refractivity contribution in [1.29, 1.82) is 0 Å². The van der Waals surface area contributed by atoms with Crippen molar-refractivity contribution in [3.05, 3.63) is 66.2 Å². The summed E-state index contributed by atoms with van der Waals surface area (Å²) >= 11 is 0. The molecule has 2 aromatic rings. The Morgan fingerprint density at radius 1 is 0.964 bits per heavy atom. The average Bonchev–Trinajstić information content (AvgIpc) is 2.76. The van der Waals surface area contributed by atoms with Gasteiger partial charge < -0.3 is 10.2 Å². The first-order chi connectivity index (χ1) is 13.7. The number of carbonyl (C=O) groups is 1. The van der Waals surface area contributed by atoms with Crippen LogP contribution in [0.25, 0.3) is 0 Å². The highest BCUT2D eigenvalue weighted by Crippen LogP contribution is 2.39. The number of amides is 1. The van der Waals surface area contributed by atoms with E-state index < -0.39 is 0 Å². The van der Waals surface area contributed by atoms with Gasteiger partial charge in [0.25, 0.3) is 0 Å². The van der Waals surface area contributed by atoms with Crippen molar-refractivity contribution in [3.8, 4) is 0 Å². The Morgan fingerprint density at radius 2 is 1.61 bits per heavy atom. The molecule has 148 valence electrons. The van der Waals surface area contributed by atoms with Gasteiger partial charge in [0.05, 0.1) is 6.54 Å². The summed E-state index contributed by atoms with van der Waals surface area (Å²) in [5.41, 5.74) is 2.51. The molecule has 0 atom stereocenters. The second-order valence-corrected chi connectivity index (χ2v) is 8.06. The van der Waals surface area contributed by atoms with E-state index in [1.807, 2.05) is 35.2 Å². The van der Waals surface area contributed by atoms with E-state index in [4.69, 9.17) is 0 Å². The molecule has 2 aliphatic rings. The zero-order valence-electron chi connectivity index (χ0n) is 16.8. The van der Waals surface area contributed by atoms with E-state index in [1.54, 1.807) is 0 Å². The van der Waals surface area contributed by atoms with Crippen LogP contribution in [0.5, 0.6) is 0 Å². The molecule has 1 aliphatic heterocycles. The summed E-state index contributed by atoms with van der Waals surface area (Å²) < 4.78 is 0. The van der Waals surface area contributed by atoms with Crippen molar-refractivity contribution in [2.75, 3.05) is 31.1 Å². The fourth-order valence-electron chi connectivity index (χ4n) is 5.01. The first-order valence-electron chi connectivity index (χ1n) is 10.6. The maximum absolute atomic E-state index is 12.8. The second-order valence-electron chi connectivity index (χ2n) is 8.06. The van der Waals surface area contributed by atoms with Gasteiger partial charge in [0.2, 0.25) is 5.91 Å². The Hall–Kier alpha value is -2.17. The van der Waals surface area contributed by atoms with Gasteiger partial charge in [0.15, 0.2) is 0 Å². The first-order valence-corrected chi connectivity index (χ1v) is 10.6. The standard InChI is InChI=1S/C24H31N3O/c1-2-25-24(20-9-5-3-6-10-20)15-13-21(14-16-24)26-17-18-27(23(28)19-26)22-11-7-4-8-12-22/h3-12,21,25H,2,13-19H2,1H3/t21-,24-. The van der Waals surface area contributed by atoms with Crippen molar-refractivity contribution < 1.29 is 4.79 Å². The number of rotatable bonds is 5. The van der Waals surface area contributed by atoms with Crippen molar-refractivity contribution in [2.45, 2.75) is 44.2 Å². The molecule has 0 aromatic heterocycles. The molecule has 4 heteroatoms. The maximum atomic E-state index is 12.8. The number of piperazine rings is 1. The Labute approximate surface area is 168 Å². The van der Waals surface area contributed by atoms with Gasteiger partial charge in [-0.1, -0.05) is 55.5 Å². The monoisotopic (exact) mass is 377 g/mol. The van der Waals surface area contributed by atoms with E-state index in [0.29, 0.717) is 12.6 Å². The van der Waals surface area contributed by atoms with E-state index in [9.17, 15) is 4.79 Å². The number of carbonyl (C=O) groups excluding carboxylic acids is 1. The molecule has 0 bridgehead atoms. The van der Waals surface area contributed by atoms with Gasteiger partial charge in [-0.3, -0.25) is 9.69 Å². The lowest BCUT2D eigenvalue weighted by Gasteiger charge is -2.46. The largest absolute Gasteiger partial charge is 0.310 e. The van der Waals surface area contributed by atoms with Crippen LogP contribution in [0.1, 0.15) is 38.2 Å². The van der Waals surface area contributed by atoms with Gasteiger partial charge >= 0.3 is 0 Å². The van der Waals surface area contributed by atoms with E-state index in [1.165, 1.54) is 5.56 Å². The molecule has 4 rings (SSSR count). The summed E-state index contributed by atoms with van der Waals surface area (Å²) in [7, 11) is 0. The minimum atomic E-state index is 0.0857. The lowest BCUT2D eigenvalue weighted by Crippen LogP contribution is -2.56. The van der Waals surface area contributed by atoms with Gasteiger partial charge in [-0.25, -0.2) is 0 Å². The molecular formula is C24H31N3O. The van der Waals surface area contributed by atoms with Crippen molar-refractivity contribution >= 4 is 11.6 Å². The fourth-order valence-corrected chi connectivity index (χ4v) is 5.01. The molecule has 1 saturated heterocycles. The highest BCUT2D eigenvalue weighted by Gasteiger charge is 2.39. The highest BCUT2D eigenvalue weighted by atomic mass is 16.2. The Kier molecular flexibility index (Phi) is 5.79. The highest BCUT2D eigenvalue weighted by molar-refractivity contribution is 5.95.